The van der Waals surface area contributed by atoms with Gasteiger partial charge >= 0.3 is 0 Å². The van der Waals surface area contributed by atoms with Crippen molar-refractivity contribution in [3.05, 3.63) is 57.8 Å². The molecule has 100 valence electrons. The van der Waals surface area contributed by atoms with E-state index in [1.807, 2.05) is 32.0 Å². The maximum atomic E-state index is 13.0. The second-order valence-electron chi connectivity index (χ2n) is 4.51. The first-order valence-electron chi connectivity index (χ1n) is 5.99. The molecule has 0 radical (unpaired) electrons. The molecule has 0 aliphatic rings. The number of aryl methyl sites for hydroxylation is 1. The third kappa shape index (κ3) is 3.07. The predicted molar refractivity (Wildman–Crippen MR) is 79.0 cm³/mol. The van der Waals surface area contributed by atoms with E-state index < -0.39 is 5.82 Å². The summed E-state index contributed by atoms with van der Waals surface area (Å²) in [5, 5.41) is 13.1. The van der Waals surface area contributed by atoms with Crippen LogP contribution in [0.4, 0.5) is 10.1 Å². The second kappa shape index (κ2) is 5.61. The molecule has 2 aromatic rings. The quantitative estimate of drug-likeness (QED) is 0.852. The van der Waals surface area contributed by atoms with E-state index in [0.717, 1.165) is 21.8 Å². The molecule has 0 saturated heterocycles. The smallest absolute Gasteiger partial charge is 0.126 e. The summed E-state index contributed by atoms with van der Waals surface area (Å²) in [6.07, 6.45) is 0. The van der Waals surface area contributed by atoms with Gasteiger partial charge < -0.3 is 10.4 Å². The standard InChI is InChI=1S/C15H15BrFNO/c1-9-4-3-5-13(15(9)16)18-10(2)12-7-6-11(17)8-14(12)19/h3-8,10,18-19H,1-2H3. The summed E-state index contributed by atoms with van der Waals surface area (Å²) < 4.78 is 14.0. The number of phenolic OH excluding ortho intramolecular Hbond substituents is 1. The van der Waals surface area contributed by atoms with Crippen LogP contribution in [0.5, 0.6) is 5.75 Å². The lowest BCUT2D eigenvalue weighted by atomic mass is 10.1. The van der Waals surface area contributed by atoms with Crippen LogP contribution < -0.4 is 5.32 Å². The number of aromatic hydroxyl groups is 1. The van der Waals surface area contributed by atoms with Gasteiger partial charge in [-0.3, -0.25) is 0 Å². The molecule has 0 aliphatic carbocycles. The van der Waals surface area contributed by atoms with Gasteiger partial charge in [0.2, 0.25) is 0 Å². The molecule has 1 unspecified atom stereocenters. The fraction of sp³-hybridized carbons (Fsp3) is 0.200. The normalized spacial score (nSPS) is 12.2. The second-order valence-corrected chi connectivity index (χ2v) is 5.30. The highest BCUT2D eigenvalue weighted by Crippen LogP contribution is 2.32. The van der Waals surface area contributed by atoms with Crippen LogP contribution in [-0.4, -0.2) is 5.11 Å². The zero-order chi connectivity index (χ0) is 14.0. The summed E-state index contributed by atoms with van der Waals surface area (Å²) in [6.45, 7) is 3.93. The predicted octanol–water partition coefficient (Wildman–Crippen LogP) is 4.78. The number of nitrogens with one attached hydrogen (secondary N) is 1. The number of halogens is 2. The van der Waals surface area contributed by atoms with E-state index in [2.05, 4.69) is 21.2 Å². The lowest BCUT2D eigenvalue weighted by Gasteiger charge is -2.18. The molecule has 2 rings (SSSR count). The van der Waals surface area contributed by atoms with Crippen LogP contribution in [0.25, 0.3) is 0 Å². The van der Waals surface area contributed by atoms with E-state index in [9.17, 15) is 9.50 Å². The minimum absolute atomic E-state index is 0.0382. The molecule has 0 fully saturated rings. The first-order chi connectivity index (χ1) is 8.99. The Kier molecular flexibility index (Phi) is 4.10. The van der Waals surface area contributed by atoms with Crippen molar-refractivity contribution in [2.75, 3.05) is 5.32 Å². The molecular weight excluding hydrogens is 309 g/mol. The Labute approximate surface area is 120 Å². The van der Waals surface area contributed by atoms with Crippen molar-refractivity contribution in [1.29, 1.82) is 0 Å². The molecule has 0 aromatic heterocycles. The Morgan fingerprint density at radius 3 is 2.68 bits per heavy atom. The van der Waals surface area contributed by atoms with Gasteiger partial charge in [0, 0.05) is 21.8 Å². The van der Waals surface area contributed by atoms with Gasteiger partial charge in [-0.15, -0.1) is 0 Å². The van der Waals surface area contributed by atoms with Gasteiger partial charge in [-0.1, -0.05) is 18.2 Å². The summed E-state index contributed by atoms with van der Waals surface area (Å²) in [6, 6.07) is 9.85. The average Bonchev–Trinajstić information content (AvgIpc) is 2.34. The summed E-state index contributed by atoms with van der Waals surface area (Å²) in [5.41, 5.74) is 2.73. The lowest BCUT2D eigenvalue weighted by molar-refractivity contribution is 0.459. The minimum atomic E-state index is -0.440. The Hall–Kier alpha value is -1.55. The average molecular weight is 324 g/mol. The van der Waals surface area contributed by atoms with Gasteiger partial charge in [0.05, 0.1) is 6.04 Å². The van der Waals surface area contributed by atoms with Crippen molar-refractivity contribution in [1.82, 2.24) is 0 Å². The highest BCUT2D eigenvalue weighted by atomic mass is 79.9. The molecule has 19 heavy (non-hydrogen) atoms. The molecule has 1 atom stereocenters. The summed E-state index contributed by atoms with van der Waals surface area (Å²) >= 11 is 3.53. The highest BCUT2D eigenvalue weighted by Gasteiger charge is 2.12. The molecule has 0 aliphatic heterocycles. The van der Waals surface area contributed by atoms with Gasteiger partial charge in [0.15, 0.2) is 0 Å². The molecule has 0 bridgehead atoms. The highest BCUT2D eigenvalue weighted by molar-refractivity contribution is 9.10. The molecule has 0 saturated carbocycles. The van der Waals surface area contributed by atoms with Crippen molar-refractivity contribution in [3.63, 3.8) is 0 Å². The first-order valence-corrected chi connectivity index (χ1v) is 6.78. The minimum Gasteiger partial charge on any atom is -0.507 e. The van der Waals surface area contributed by atoms with E-state index >= 15 is 0 Å². The lowest BCUT2D eigenvalue weighted by Crippen LogP contribution is -2.07. The number of hydrogen-bond acceptors (Lipinski definition) is 2. The summed E-state index contributed by atoms with van der Waals surface area (Å²) in [4.78, 5) is 0. The maximum absolute atomic E-state index is 13.0. The molecule has 0 spiro atoms. The van der Waals surface area contributed by atoms with Crippen molar-refractivity contribution in [2.24, 2.45) is 0 Å². The number of phenols is 1. The monoisotopic (exact) mass is 323 g/mol. The molecular formula is C15H15BrFNO. The molecule has 2 nitrogen and oxygen atoms in total. The van der Waals surface area contributed by atoms with Crippen LogP contribution in [0.2, 0.25) is 0 Å². The summed E-state index contributed by atoms with van der Waals surface area (Å²) in [5.74, 6) is -0.478. The van der Waals surface area contributed by atoms with Gasteiger partial charge in [0.1, 0.15) is 11.6 Å². The van der Waals surface area contributed by atoms with Crippen LogP contribution >= 0.6 is 15.9 Å². The fourth-order valence-corrected chi connectivity index (χ4v) is 2.33. The van der Waals surface area contributed by atoms with Crippen molar-refractivity contribution in [2.45, 2.75) is 19.9 Å². The van der Waals surface area contributed by atoms with E-state index in [4.69, 9.17) is 0 Å². The van der Waals surface area contributed by atoms with Crippen LogP contribution in [0.1, 0.15) is 24.1 Å². The first kappa shape index (κ1) is 13.9. The maximum Gasteiger partial charge on any atom is 0.126 e. The zero-order valence-electron chi connectivity index (χ0n) is 10.7. The Bertz CT molecular complexity index is 601. The van der Waals surface area contributed by atoms with E-state index in [-0.39, 0.29) is 11.8 Å². The number of rotatable bonds is 3. The van der Waals surface area contributed by atoms with Crippen molar-refractivity contribution in [3.8, 4) is 5.75 Å². The number of anilines is 1. The number of hydrogen-bond donors (Lipinski definition) is 2. The van der Waals surface area contributed by atoms with Gasteiger partial charge in [-0.25, -0.2) is 4.39 Å². The van der Waals surface area contributed by atoms with Gasteiger partial charge in [-0.2, -0.15) is 0 Å². The van der Waals surface area contributed by atoms with Crippen LogP contribution in [-0.2, 0) is 0 Å². The van der Waals surface area contributed by atoms with Crippen molar-refractivity contribution < 1.29 is 9.50 Å². The molecule has 0 heterocycles. The van der Waals surface area contributed by atoms with Crippen LogP contribution in [0.15, 0.2) is 40.9 Å². The Morgan fingerprint density at radius 2 is 2.00 bits per heavy atom. The van der Waals surface area contributed by atoms with Gasteiger partial charge in [-0.05, 0) is 47.5 Å². The fourth-order valence-electron chi connectivity index (χ4n) is 1.95. The molecule has 4 heteroatoms. The van der Waals surface area contributed by atoms with E-state index in [1.54, 1.807) is 6.07 Å². The van der Waals surface area contributed by atoms with Crippen LogP contribution in [0.3, 0.4) is 0 Å². The number of benzene rings is 2. The molecule has 2 aromatic carbocycles. The van der Waals surface area contributed by atoms with E-state index in [0.29, 0.717) is 5.56 Å². The third-order valence-electron chi connectivity index (χ3n) is 3.02. The Balaban J connectivity index is 2.25. The molecule has 0 amide bonds. The largest absolute Gasteiger partial charge is 0.507 e. The van der Waals surface area contributed by atoms with Crippen LogP contribution in [0, 0.1) is 12.7 Å². The van der Waals surface area contributed by atoms with E-state index in [1.165, 1.54) is 6.07 Å². The molecule has 2 N–H and O–H groups in total. The topological polar surface area (TPSA) is 32.3 Å². The summed E-state index contributed by atoms with van der Waals surface area (Å²) in [7, 11) is 0. The van der Waals surface area contributed by atoms with Gasteiger partial charge in [0.25, 0.3) is 0 Å². The van der Waals surface area contributed by atoms with Crippen molar-refractivity contribution >= 4 is 21.6 Å². The SMILES string of the molecule is Cc1cccc(NC(C)c2ccc(F)cc2O)c1Br. The zero-order valence-corrected chi connectivity index (χ0v) is 12.3. The Morgan fingerprint density at radius 1 is 1.26 bits per heavy atom. The third-order valence-corrected chi connectivity index (χ3v) is 4.08.